The highest BCUT2D eigenvalue weighted by Gasteiger charge is 2.46. The van der Waals surface area contributed by atoms with Crippen LogP contribution in [-0.4, -0.2) is 41.9 Å². The third-order valence-corrected chi connectivity index (χ3v) is 11.5. The van der Waals surface area contributed by atoms with Crippen molar-refractivity contribution in [2.24, 2.45) is 11.3 Å². The van der Waals surface area contributed by atoms with E-state index in [4.69, 9.17) is 4.74 Å². The molecule has 7 heteroatoms. The Kier molecular flexibility index (Phi) is 8.75. The smallest absolute Gasteiger partial charge is 0.338 e. The predicted octanol–water partition coefficient (Wildman–Crippen LogP) is 7.46. The summed E-state index contributed by atoms with van der Waals surface area (Å²) in [7, 11) is 0. The van der Waals surface area contributed by atoms with Crippen LogP contribution in [0.2, 0.25) is 0 Å². The fourth-order valence-corrected chi connectivity index (χ4v) is 6.93. The standard InChI is InChI=1S/C27H37Br3O4/c1-16-6-9-21(28)26(4)12-10-22(29)27(5,33)13-11-23(25(2,3)30)34-24(32)17-7-8-20(31)18(14-17)15-19(16)26/h7-8,14,19,21-23,31,33H,1,6,9-13,15H2,2-5H3. The summed E-state index contributed by atoms with van der Waals surface area (Å²) < 4.78 is 5.48. The molecule has 1 aromatic rings. The summed E-state index contributed by atoms with van der Waals surface area (Å²) in [5.74, 6) is -0.106. The van der Waals surface area contributed by atoms with Gasteiger partial charge < -0.3 is 14.9 Å². The van der Waals surface area contributed by atoms with Crippen LogP contribution < -0.4 is 0 Å². The average molecular weight is 665 g/mol. The van der Waals surface area contributed by atoms with Crippen LogP contribution in [0.15, 0.2) is 30.4 Å². The maximum Gasteiger partial charge on any atom is 0.338 e. The lowest BCUT2D eigenvalue weighted by Crippen LogP contribution is -2.44. The molecular weight excluding hydrogens is 628 g/mol. The van der Waals surface area contributed by atoms with Gasteiger partial charge in [-0.2, -0.15) is 0 Å². The first kappa shape index (κ1) is 28.2. The number of benzene rings is 1. The molecule has 0 amide bonds. The zero-order valence-electron chi connectivity index (χ0n) is 20.5. The van der Waals surface area contributed by atoms with Crippen LogP contribution in [-0.2, 0) is 11.2 Å². The molecule has 3 rings (SSSR count). The minimum absolute atomic E-state index is 0.110. The van der Waals surface area contributed by atoms with E-state index >= 15 is 0 Å². The molecule has 1 aromatic carbocycles. The molecule has 0 aromatic heterocycles. The molecule has 0 radical (unpaired) electrons. The highest BCUT2D eigenvalue weighted by atomic mass is 79.9. The number of phenols is 1. The Morgan fingerprint density at radius 2 is 1.79 bits per heavy atom. The van der Waals surface area contributed by atoms with Crippen molar-refractivity contribution in [2.45, 2.75) is 98.3 Å². The van der Waals surface area contributed by atoms with Crippen LogP contribution in [0.3, 0.4) is 0 Å². The van der Waals surface area contributed by atoms with Crippen molar-refractivity contribution in [2.75, 3.05) is 0 Å². The number of hydrogen-bond donors (Lipinski definition) is 2. The topological polar surface area (TPSA) is 66.8 Å². The van der Waals surface area contributed by atoms with Gasteiger partial charge in [-0.05, 0) is 101 Å². The Hall–Kier alpha value is -0.370. The van der Waals surface area contributed by atoms with Gasteiger partial charge in [0.15, 0.2) is 0 Å². The van der Waals surface area contributed by atoms with Gasteiger partial charge in [0.2, 0.25) is 0 Å². The third kappa shape index (κ3) is 6.12. The van der Waals surface area contributed by atoms with Crippen molar-refractivity contribution < 1.29 is 19.7 Å². The minimum Gasteiger partial charge on any atom is -0.508 e. The van der Waals surface area contributed by atoms with E-state index in [1.165, 1.54) is 5.57 Å². The largest absolute Gasteiger partial charge is 0.508 e. The Balaban J connectivity index is 2.06. The predicted molar refractivity (Wildman–Crippen MR) is 149 cm³/mol. The molecule has 2 bridgehead atoms. The minimum atomic E-state index is -0.960. The molecule has 0 saturated heterocycles. The Labute approximate surface area is 229 Å². The van der Waals surface area contributed by atoms with Crippen molar-refractivity contribution in [3.63, 3.8) is 0 Å². The highest BCUT2D eigenvalue weighted by Crippen LogP contribution is 2.52. The van der Waals surface area contributed by atoms with Gasteiger partial charge in [-0.15, -0.1) is 0 Å². The van der Waals surface area contributed by atoms with E-state index in [9.17, 15) is 15.0 Å². The van der Waals surface area contributed by atoms with Crippen LogP contribution in [0.1, 0.15) is 82.1 Å². The number of cyclic esters (lactones) is 1. The van der Waals surface area contributed by atoms with E-state index in [-0.39, 0.29) is 21.9 Å². The average Bonchev–Trinajstić information content (AvgIpc) is 2.75. The number of esters is 1. The monoisotopic (exact) mass is 662 g/mol. The zero-order chi connectivity index (χ0) is 25.5. The number of ether oxygens (including phenoxy) is 1. The quantitative estimate of drug-likeness (QED) is 0.186. The second-order valence-corrected chi connectivity index (χ2v) is 15.4. The number of allylic oxidation sites excluding steroid dienone is 1. The van der Waals surface area contributed by atoms with Gasteiger partial charge in [-0.3, -0.25) is 0 Å². The maximum atomic E-state index is 13.2. The van der Waals surface area contributed by atoms with Crippen molar-refractivity contribution in [3.05, 3.63) is 41.5 Å². The van der Waals surface area contributed by atoms with Crippen LogP contribution in [0.25, 0.3) is 0 Å². The molecule has 0 spiro atoms. The molecular formula is C27H37Br3O4. The third-order valence-electron chi connectivity index (χ3n) is 8.00. The molecule has 1 fully saturated rings. The fourth-order valence-electron chi connectivity index (χ4n) is 5.37. The van der Waals surface area contributed by atoms with Gasteiger partial charge in [0, 0.05) is 9.65 Å². The van der Waals surface area contributed by atoms with Crippen molar-refractivity contribution in [3.8, 4) is 5.75 Å². The number of hydrogen-bond acceptors (Lipinski definition) is 4. The molecule has 6 atom stereocenters. The Morgan fingerprint density at radius 3 is 2.44 bits per heavy atom. The van der Waals surface area contributed by atoms with Crippen molar-refractivity contribution in [1.82, 2.24) is 0 Å². The van der Waals surface area contributed by atoms with Gasteiger partial charge in [-0.25, -0.2) is 4.79 Å². The number of fused-ring (bicyclic) bond motifs is 3. The van der Waals surface area contributed by atoms with Gasteiger partial charge in [-0.1, -0.05) is 66.9 Å². The molecule has 2 N–H and O–H groups in total. The van der Waals surface area contributed by atoms with Crippen molar-refractivity contribution in [1.29, 1.82) is 0 Å². The Morgan fingerprint density at radius 1 is 1.12 bits per heavy atom. The second kappa shape index (κ2) is 10.5. The number of halogens is 3. The number of alkyl halides is 3. The number of rotatable bonds is 1. The van der Waals surface area contributed by atoms with Crippen LogP contribution >= 0.6 is 47.8 Å². The summed E-state index contributed by atoms with van der Waals surface area (Å²) in [5.41, 5.74) is 1.27. The summed E-state index contributed by atoms with van der Waals surface area (Å²) in [4.78, 5) is 13.3. The van der Waals surface area contributed by atoms with Crippen LogP contribution in [0.4, 0.5) is 0 Å². The molecule has 2 aliphatic rings. The van der Waals surface area contributed by atoms with Crippen LogP contribution in [0, 0.1) is 11.3 Å². The van der Waals surface area contributed by atoms with E-state index in [2.05, 4.69) is 61.3 Å². The molecule has 1 heterocycles. The van der Waals surface area contributed by atoms with Gasteiger partial charge in [0.1, 0.15) is 11.9 Å². The lowest BCUT2D eigenvalue weighted by atomic mass is 9.61. The molecule has 1 saturated carbocycles. The lowest BCUT2D eigenvalue weighted by molar-refractivity contribution is -0.0000638. The van der Waals surface area contributed by atoms with Gasteiger partial charge in [0.25, 0.3) is 0 Å². The SMILES string of the molecule is C=C1CCC(Br)C2(C)CCC(Br)C(C)(O)CCC(C(C)(C)Br)OC(=O)c3ccc(O)c(c3)CC12. The number of carbonyl (C=O) groups is 1. The van der Waals surface area contributed by atoms with E-state index in [0.29, 0.717) is 29.7 Å². The number of aromatic hydroxyl groups is 1. The molecule has 190 valence electrons. The first-order chi connectivity index (χ1) is 15.6. The summed E-state index contributed by atoms with van der Waals surface area (Å²) in [5, 5.41) is 22.0. The molecule has 4 nitrogen and oxygen atoms in total. The van der Waals surface area contributed by atoms with Crippen molar-refractivity contribution >= 4 is 53.8 Å². The zero-order valence-corrected chi connectivity index (χ0v) is 25.3. The summed E-state index contributed by atoms with van der Waals surface area (Å²) in [6.45, 7) is 12.5. The molecule has 1 aliphatic heterocycles. The summed E-state index contributed by atoms with van der Waals surface area (Å²) >= 11 is 11.4. The van der Waals surface area contributed by atoms with Crippen LogP contribution in [0.5, 0.6) is 5.75 Å². The summed E-state index contributed by atoms with van der Waals surface area (Å²) in [6.07, 6.45) is 4.79. The van der Waals surface area contributed by atoms with E-state index in [0.717, 1.165) is 31.2 Å². The number of aliphatic hydroxyl groups is 1. The molecule has 6 unspecified atom stereocenters. The molecule has 34 heavy (non-hydrogen) atoms. The summed E-state index contributed by atoms with van der Waals surface area (Å²) in [6, 6.07) is 4.97. The van der Waals surface area contributed by atoms with E-state index < -0.39 is 22.0 Å². The normalized spacial score (nSPS) is 36.1. The van der Waals surface area contributed by atoms with E-state index in [1.807, 2.05) is 20.8 Å². The second-order valence-electron chi connectivity index (χ2n) is 11.1. The molecule has 1 aliphatic carbocycles. The van der Waals surface area contributed by atoms with Gasteiger partial charge in [0.05, 0.1) is 15.5 Å². The van der Waals surface area contributed by atoms with Gasteiger partial charge >= 0.3 is 5.97 Å². The Bertz CT molecular complexity index is 923. The van der Waals surface area contributed by atoms with E-state index in [1.54, 1.807) is 18.2 Å². The fraction of sp³-hybridized carbons (Fsp3) is 0.667. The maximum absolute atomic E-state index is 13.2. The first-order valence-corrected chi connectivity index (χ1v) is 14.7. The highest BCUT2D eigenvalue weighted by molar-refractivity contribution is 9.10. The number of carbonyl (C=O) groups excluding carboxylic acids is 1. The number of phenolic OH excluding ortho intramolecular Hbond substituents is 1. The first-order valence-electron chi connectivity index (χ1n) is 12.0. The lowest BCUT2D eigenvalue weighted by Gasteiger charge is -2.48.